The SMILES string of the molecule is CC(C)c1noc(C2CCCN(C(=O)c3cn[nH]c3-c3ccccc3)C2)n1. The second kappa shape index (κ2) is 7.34. The van der Waals surface area contributed by atoms with Crippen LogP contribution in [0.2, 0.25) is 0 Å². The number of nitrogens with one attached hydrogen (secondary N) is 1. The minimum atomic E-state index is -0.0177. The summed E-state index contributed by atoms with van der Waals surface area (Å²) in [6, 6.07) is 9.78. The Labute approximate surface area is 157 Å². The van der Waals surface area contributed by atoms with E-state index in [0.29, 0.717) is 18.0 Å². The van der Waals surface area contributed by atoms with Crippen LogP contribution in [0.5, 0.6) is 0 Å². The van der Waals surface area contributed by atoms with Crippen molar-refractivity contribution in [3.63, 3.8) is 0 Å². The Morgan fingerprint density at radius 2 is 2.11 bits per heavy atom. The smallest absolute Gasteiger partial charge is 0.257 e. The summed E-state index contributed by atoms with van der Waals surface area (Å²) in [6.07, 6.45) is 3.46. The topological polar surface area (TPSA) is 87.9 Å². The van der Waals surface area contributed by atoms with Crippen LogP contribution in [0.4, 0.5) is 0 Å². The zero-order valence-electron chi connectivity index (χ0n) is 15.6. The summed E-state index contributed by atoms with van der Waals surface area (Å²) in [5.41, 5.74) is 2.29. The van der Waals surface area contributed by atoms with Crippen LogP contribution in [-0.2, 0) is 0 Å². The van der Waals surface area contributed by atoms with Crippen LogP contribution in [0.3, 0.4) is 0 Å². The number of rotatable bonds is 4. The summed E-state index contributed by atoms with van der Waals surface area (Å²) >= 11 is 0. The highest BCUT2D eigenvalue weighted by Gasteiger charge is 2.30. The zero-order valence-corrected chi connectivity index (χ0v) is 15.6. The third-order valence-corrected chi connectivity index (χ3v) is 4.96. The number of H-pyrrole nitrogens is 1. The van der Waals surface area contributed by atoms with E-state index in [0.717, 1.165) is 36.5 Å². The summed E-state index contributed by atoms with van der Waals surface area (Å²) in [6.45, 7) is 5.38. The van der Waals surface area contributed by atoms with Gasteiger partial charge in [-0.3, -0.25) is 9.89 Å². The van der Waals surface area contributed by atoms with Crippen molar-refractivity contribution in [3.8, 4) is 11.3 Å². The number of aromatic nitrogens is 4. The summed E-state index contributed by atoms with van der Waals surface area (Å²) in [5.74, 6) is 1.63. The molecule has 4 rings (SSSR count). The maximum atomic E-state index is 13.1. The molecule has 0 radical (unpaired) electrons. The van der Waals surface area contributed by atoms with Gasteiger partial charge in [-0.15, -0.1) is 0 Å². The molecule has 0 bridgehead atoms. The van der Waals surface area contributed by atoms with Crippen LogP contribution in [0, 0.1) is 0 Å². The molecule has 140 valence electrons. The number of hydrogen-bond donors (Lipinski definition) is 1. The number of amides is 1. The first-order chi connectivity index (χ1) is 13.1. The van der Waals surface area contributed by atoms with Crippen LogP contribution in [-0.4, -0.2) is 44.2 Å². The van der Waals surface area contributed by atoms with Crippen molar-refractivity contribution < 1.29 is 9.32 Å². The Bertz CT molecular complexity index is 915. The third-order valence-electron chi connectivity index (χ3n) is 4.96. The molecule has 27 heavy (non-hydrogen) atoms. The molecule has 0 spiro atoms. The molecular weight excluding hydrogens is 342 g/mol. The summed E-state index contributed by atoms with van der Waals surface area (Å²) in [7, 11) is 0. The van der Waals surface area contributed by atoms with E-state index in [9.17, 15) is 4.79 Å². The number of carbonyl (C=O) groups is 1. The molecule has 1 saturated heterocycles. The van der Waals surface area contributed by atoms with E-state index >= 15 is 0 Å². The highest BCUT2D eigenvalue weighted by atomic mass is 16.5. The molecule has 1 unspecified atom stereocenters. The third kappa shape index (κ3) is 3.49. The van der Waals surface area contributed by atoms with Gasteiger partial charge in [0, 0.05) is 24.6 Å². The van der Waals surface area contributed by atoms with Crippen molar-refractivity contribution in [3.05, 3.63) is 53.8 Å². The first-order valence-electron chi connectivity index (χ1n) is 9.35. The van der Waals surface area contributed by atoms with Crippen LogP contribution in [0.25, 0.3) is 11.3 Å². The van der Waals surface area contributed by atoms with E-state index in [2.05, 4.69) is 20.3 Å². The molecule has 2 aromatic heterocycles. The van der Waals surface area contributed by atoms with E-state index in [1.54, 1.807) is 6.20 Å². The molecule has 0 saturated carbocycles. The van der Waals surface area contributed by atoms with Gasteiger partial charge in [-0.25, -0.2) is 0 Å². The summed E-state index contributed by atoms with van der Waals surface area (Å²) in [4.78, 5) is 19.5. The quantitative estimate of drug-likeness (QED) is 0.763. The Morgan fingerprint density at radius 3 is 2.85 bits per heavy atom. The van der Waals surface area contributed by atoms with Crippen molar-refractivity contribution in [1.82, 2.24) is 25.2 Å². The van der Waals surface area contributed by atoms with Crippen molar-refractivity contribution in [1.29, 1.82) is 0 Å². The fourth-order valence-corrected chi connectivity index (χ4v) is 3.45. The number of benzene rings is 1. The van der Waals surface area contributed by atoms with Gasteiger partial charge in [0.25, 0.3) is 5.91 Å². The van der Waals surface area contributed by atoms with Crippen LogP contribution < -0.4 is 0 Å². The molecule has 1 N–H and O–H groups in total. The first kappa shape index (κ1) is 17.5. The summed E-state index contributed by atoms with van der Waals surface area (Å²) in [5, 5.41) is 11.1. The first-order valence-corrected chi connectivity index (χ1v) is 9.35. The molecule has 3 aromatic rings. The predicted molar refractivity (Wildman–Crippen MR) is 100 cm³/mol. The lowest BCUT2D eigenvalue weighted by atomic mass is 9.97. The molecule has 1 aliphatic heterocycles. The monoisotopic (exact) mass is 365 g/mol. The average Bonchev–Trinajstić information content (AvgIpc) is 3.38. The Hall–Kier alpha value is -2.96. The molecule has 1 aromatic carbocycles. The van der Waals surface area contributed by atoms with Gasteiger partial charge in [0.05, 0.1) is 23.4 Å². The van der Waals surface area contributed by atoms with Gasteiger partial charge in [-0.1, -0.05) is 49.3 Å². The maximum absolute atomic E-state index is 13.1. The standard InChI is InChI=1S/C20H23N5O2/c1-13(2)18-22-19(27-24-18)15-9-6-10-25(12-15)20(26)16-11-21-23-17(16)14-7-4-3-5-8-14/h3-5,7-8,11,13,15H,6,9-10,12H2,1-2H3,(H,21,23). The number of nitrogens with zero attached hydrogens (tertiary/aromatic N) is 4. The second-order valence-corrected chi connectivity index (χ2v) is 7.26. The molecule has 7 heteroatoms. The van der Waals surface area contributed by atoms with E-state index < -0.39 is 0 Å². The molecule has 7 nitrogen and oxygen atoms in total. The molecule has 0 aliphatic carbocycles. The Balaban J connectivity index is 1.54. The van der Waals surface area contributed by atoms with E-state index in [4.69, 9.17) is 4.52 Å². The fourth-order valence-electron chi connectivity index (χ4n) is 3.45. The highest BCUT2D eigenvalue weighted by molar-refractivity contribution is 5.99. The second-order valence-electron chi connectivity index (χ2n) is 7.26. The zero-order chi connectivity index (χ0) is 18.8. The Kier molecular flexibility index (Phi) is 4.75. The van der Waals surface area contributed by atoms with Crippen LogP contribution in [0.15, 0.2) is 41.1 Å². The maximum Gasteiger partial charge on any atom is 0.257 e. The lowest BCUT2D eigenvalue weighted by Gasteiger charge is -2.31. The highest BCUT2D eigenvalue weighted by Crippen LogP contribution is 2.29. The van der Waals surface area contributed by atoms with Gasteiger partial charge >= 0.3 is 0 Å². The van der Waals surface area contributed by atoms with Gasteiger partial charge in [0.15, 0.2) is 5.82 Å². The normalized spacial score (nSPS) is 17.4. The minimum Gasteiger partial charge on any atom is -0.339 e. The van der Waals surface area contributed by atoms with E-state index in [1.165, 1.54) is 0 Å². The van der Waals surface area contributed by atoms with E-state index in [-0.39, 0.29) is 17.7 Å². The average molecular weight is 365 g/mol. The number of piperidine rings is 1. The van der Waals surface area contributed by atoms with E-state index in [1.807, 2.05) is 49.1 Å². The van der Waals surface area contributed by atoms with Crippen molar-refractivity contribution >= 4 is 5.91 Å². The Morgan fingerprint density at radius 1 is 1.30 bits per heavy atom. The molecule has 1 fully saturated rings. The van der Waals surface area contributed by atoms with Crippen LogP contribution >= 0.6 is 0 Å². The van der Waals surface area contributed by atoms with Crippen molar-refractivity contribution in [2.24, 2.45) is 0 Å². The minimum absolute atomic E-state index is 0.0177. The van der Waals surface area contributed by atoms with Crippen molar-refractivity contribution in [2.75, 3.05) is 13.1 Å². The van der Waals surface area contributed by atoms with Crippen molar-refractivity contribution in [2.45, 2.75) is 38.5 Å². The van der Waals surface area contributed by atoms with Gasteiger partial charge in [0.2, 0.25) is 5.89 Å². The van der Waals surface area contributed by atoms with Gasteiger partial charge < -0.3 is 9.42 Å². The lowest BCUT2D eigenvalue weighted by Crippen LogP contribution is -2.39. The number of hydrogen-bond acceptors (Lipinski definition) is 5. The summed E-state index contributed by atoms with van der Waals surface area (Å²) < 4.78 is 5.46. The largest absolute Gasteiger partial charge is 0.339 e. The number of likely N-dealkylation sites (tertiary alicyclic amines) is 1. The molecule has 1 amide bonds. The lowest BCUT2D eigenvalue weighted by molar-refractivity contribution is 0.0696. The fraction of sp³-hybridized carbons (Fsp3) is 0.400. The molecule has 1 atom stereocenters. The van der Waals surface area contributed by atoms with Crippen LogP contribution in [0.1, 0.15) is 60.6 Å². The molecule has 3 heterocycles. The van der Waals surface area contributed by atoms with Gasteiger partial charge in [-0.05, 0) is 12.8 Å². The van der Waals surface area contributed by atoms with Gasteiger partial charge in [0.1, 0.15) is 0 Å². The molecular formula is C20H23N5O2. The number of aromatic amines is 1. The predicted octanol–water partition coefficient (Wildman–Crippen LogP) is 3.60. The molecule has 1 aliphatic rings. The van der Waals surface area contributed by atoms with Gasteiger partial charge in [-0.2, -0.15) is 10.1 Å². The number of carbonyl (C=O) groups excluding carboxylic acids is 1.